The number of aryl methyl sites for hydroxylation is 1. The van der Waals surface area contributed by atoms with Crippen molar-refractivity contribution in [3.05, 3.63) is 60.2 Å². The van der Waals surface area contributed by atoms with Crippen LogP contribution in [-0.4, -0.2) is 44.5 Å². The molecular formula is C27H31NO5S. The summed E-state index contributed by atoms with van der Waals surface area (Å²) in [6.45, 7) is 0.635. The van der Waals surface area contributed by atoms with Gasteiger partial charge >= 0.3 is 5.97 Å². The Morgan fingerprint density at radius 2 is 1.74 bits per heavy atom. The van der Waals surface area contributed by atoms with Crippen LogP contribution in [0.5, 0.6) is 5.75 Å². The van der Waals surface area contributed by atoms with E-state index >= 15 is 0 Å². The number of nitrogens with zero attached hydrogens (tertiary/aromatic N) is 1. The van der Waals surface area contributed by atoms with E-state index in [4.69, 9.17) is 4.74 Å². The summed E-state index contributed by atoms with van der Waals surface area (Å²) in [6.07, 6.45) is 5.25. The lowest BCUT2D eigenvalue weighted by Crippen LogP contribution is -2.22. The summed E-state index contributed by atoms with van der Waals surface area (Å²) >= 11 is 0. The lowest BCUT2D eigenvalue weighted by Gasteiger charge is -2.19. The molecule has 0 radical (unpaired) electrons. The zero-order valence-corrected chi connectivity index (χ0v) is 20.5. The predicted molar refractivity (Wildman–Crippen MR) is 134 cm³/mol. The molecule has 4 rings (SSSR count). The van der Waals surface area contributed by atoms with E-state index in [0.29, 0.717) is 18.9 Å². The lowest BCUT2D eigenvalue weighted by molar-refractivity contribution is -0.136. The summed E-state index contributed by atoms with van der Waals surface area (Å²) in [6, 6.07) is 16.9. The van der Waals surface area contributed by atoms with Gasteiger partial charge in [0.1, 0.15) is 5.75 Å². The zero-order chi connectivity index (χ0) is 24.3. The first-order valence-corrected chi connectivity index (χ1v) is 13.1. The van der Waals surface area contributed by atoms with Gasteiger partial charge < -0.3 is 9.84 Å². The van der Waals surface area contributed by atoms with Crippen LogP contribution in [0, 0.1) is 5.92 Å². The van der Waals surface area contributed by atoms with Crippen molar-refractivity contribution in [1.29, 1.82) is 0 Å². The number of hydrogen-bond donors (Lipinski definition) is 1. The highest BCUT2D eigenvalue weighted by molar-refractivity contribution is 7.89. The van der Waals surface area contributed by atoms with Crippen LogP contribution in [0.1, 0.15) is 37.7 Å². The summed E-state index contributed by atoms with van der Waals surface area (Å²) in [4.78, 5) is 11.5. The first kappa shape index (κ1) is 24.2. The molecule has 0 aliphatic heterocycles. The molecule has 3 aromatic rings. The molecule has 1 N–H and O–H groups in total. The second-order valence-electron chi connectivity index (χ2n) is 9.16. The topological polar surface area (TPSA) is 83.9 Å². The summed E-state index contributed by atoms with van der Waals surface area (Å²) in [7, 11) is -0.465. The molecule has 0 atom stereocenters. The number of sulfonamides is 1. The number of fused-ring (bicyclic) bond motifs is 1. The number of carbonyl (C=O) groups is 1. The maximum absolute atomic E-state index is 12.5. The number of para-hydroxylation sites is 1. The number of hydrogen-bond acceptors (Lipinski definition) is 4. The normalized spacial score (nSPS) is 14.7. The van der Waals surface area contributed by atoms with E-state index in [1.165, 1.54) is 44.1 Å². The third-order valence-electron chi connectivity index (χ3n) is 6.54. The molecule has 6 nitrogen and oxygen atoms in total. The fourth-order valence-electron chi connectivity index (χ4n) is 4.56. The molecular weight excluding hydrogens is 450 g/mol. The number of rotatable bonds is 9. The molecule has 1 aliphatic carbocycles. The molecule has 1 fully saturated rings. The van der Waals surface area contributed by atoms with Crippen molar-refractivity contribution in [2.24, 2.45) is 5.92 Å². The second kappa shape index (κ2) is 10.2. The van der Waals surface area contributed by atoms with Crippen LogP contribution in [0.15, 0.2) is 59.5 Å². The average molecular weight is 482 g/mol. The van der Waals surface area contributed by atoms with E-state index in [2.05, 4.69) is 0 Å². The highest BCUT2D eigenvalue weighted by atomic mass is 32.2. The first-order chi connectivity index (χ1) is 16.3. The SMILES string of the molecule is CN(C)S(=O)(=O)c1ccc2cc(-c3cccc(CCC(=O)O)c3OCC3CCCC3)ccc2c1. The third kappa shape index (κ3) is 5.26. The van der Waals surface area contributed by atoms with Crippen LogP contribution in [0.25, 0.3) is 21.9 Å². The van der Waals surface area contributed by atoms with Gasteiger partial charge in [-0.1, -0.05) is 49.2 Å². The Balaban J connectivity index is 1.71. The Hall–Kier alpha value is -2.90. The molecule has 180 valence electrons. The summed E-state index contributed by atoms with van der Waals surface area (Å²) in [5, 5.41) is 11.0. The van der Waals surface area contributed by atoms with Crippen molar-refractivity contribution in [2.45, 2.75) is 43.4 Å². The fourth-order valence-corrected chi connectivity index (χ4v) is 5.50. The molecule has 0 amide bonds. The highest BCUT2D eigenvalue weighted by Gasteiger charge is 2.20. The van der Waals surface area contributed by atoms with E-state index in [9.17, 15) is 18.3 Å². The molecule has 0 aromatic heterocycles. The van der Waals surface area contributed by atoms with Crippen molar-refractivity contribution in [3.8, 4) is 16.9 Å². The van der Waals surface area contributed by atoms with E-state index in [0.717, 1.165) is 33.2 Å². The number of ether oxygens (including phenoxy) is 1. The van der Waals surface area contributed by atoms with E-state index in [-0.39, 0.29) is 11.3 Å². The zero-order valence-electron chi connectivity index (χ0n) is 19.7. The summed E-state index contributed by atoms with van der Waals surface area (Å²) in [5.74, 6) is 0.456. The van der Waals surface area contributed by atoms with Gasteiger partial charge in [0.25, 0.3) is 0 Å². The minimum atomic E-state index is -3.51. The largest absolute Gasteiger partial charge is 0.492 e. The third-order valence-corrected chi connectivity index (χ3v) is 8.36. The van der Waals surface area contributed by atoms with E-state index < -0.39 is 16.0 Å². The van der Waals surface area contributed by atoms with Crippen LogP contribution < -0.4 is 4.74 Å². The Morgan fingerprint density at radius 1 is 1.03 bits per heavy atom. The van der Waals surface area contributed by atoms with Gasteiger partial charge in [-0.25, -0.2) is 12.7 Å². The van der Waals surface area contributed by atoms with Crippen molar-refractivity contribution in [3.63, 3.8) is 0 Å². The van der Waals surface area contributed by atoms with Crippen molar-refractivity contribution < 1.29 is 23.1 Å². The quantitative estimate of drug-likeness (QED) is 0.446. The van der Waals surface area contributed by atoms with Gasteiger partial charge in [-0.15, -0.1) is 0 Å². The minimum absolute atomic E-state index is 0.0457. The van der Waals surface area contributed by atoms with Crippen LogP contribution >= 0.6 is 0 Å². The lowest BCUT2D eigenvalue weighted by atomic mass is 9.96. The molecule has 7 heteroatoms. The molecule has 0 spiro atoms. The van der Waals surface area contributed by atoms with Gasteiger partial charge in [0.15, 0.2) is 0 Å². The highest BCUT2D eigenvalue weighted by Crippen LogP contribution is 2.37. The van der Waals surface area contributed by atoms with Crippen LogP contribution in [0.3, 0.4) is 0 Å². The first-order valence-electron chi connectivity index (χ1n) is 11.7. The molecule has 0 saturated heterocycles. The Morgan fingerprint density at radius 3 is 2.44 bits per heavy atom. The smallest absolute Gasteiger partial charge is 0.303 e. The Bertz CT molecular complexity index is 1290. The number of aliphatic carboxylic acids is 1. The molecule has 0 bridgehead atoms. The Kier molecular flexibility index (Phi) is 7.24. The van der Waals surface area contributed by atoms with Crippen molar-refractivity contribution in [1.82, 2.24) is 4.31 Å². The van der Waals surface area contributed by atoms with Gasteiger partial charge in [0.05, 0.1) is 11.5 Å². The molecule has 3 aromatic carbocycles. The molecule has 1 saturated carbocycles. The second-order valence-corrected chi connectivity index (χ2v) is 11.3. The standard InChI is InChI=1S/C27H31NO5S/c1-28(2)34(31,32)24-14-12-21-16-23(11-10-22(21)17-24)25-9-5-8-20(13-15-26(29)30)27(25)33-18-19-6-3-4-7-19/h5,8-12,14,16-17,19H,3-4,6-7,13,15,18H2,1-2H3,(H,29,30). The molecule has 0 unspecified atom stereocenters. The molecule has 34 heavy (non-hydrogen) atoms. The Labute approximate surface area is 201 Å². The molecule has 1 aliphatic rings. The van der Waals surface area contributed by atoms with Crippen LogP contribution in [-0.2, 0) is 21.2 Å². The maximum Gasteiger partial charge on any atom is 0.303 e. The summed E-state index contributed by atoms with van der Waals surface area (Å²) < 4.78 is 32.6. The van der Waals surface area contributed by atoms with Gasteiger partial charge in [-0.3, -0.25) is 4.79 Å². The van der Waals surface area contributed by atoms with E-state index in [1.807, 2.05) is 42.5 Å². The number of carboxylic acids is 1. The average Bonchev–Trinajstić information content (AvgIpc) is 3.34. The number of benzene rings is 3. The predicted octanol–water partition coefficient (Wildman–Crippen LogP) is 5.34. The van der Waals surface area contributed by atoms with Gasteiger partial charge in [0, 0.05) is 26.1 Å². The fraction of sp³-hybridized carbons (Fsp3) is 0.370. The number of carboxylic acid groups (broad SMARTS) is 1. The minimum Gasteiger partial charge on any atom is -0.492 e. The van der Waals surface area contributed by atoms with Crippen molar-refractivity contribution >= 4 is 26.8 Å². The van der Waals surface area contributed by atoms with E-state index in [1.54, 1.807) is 12.1 Å². The maximum atomic E-state index is 12.5. The van der Waals surface area contributed by atoms with Crippen LogP contribution in [0.2, 0.25) is 0 Å². The van der Waals surface area contributed by atoms with Gasteiger partial charge in [-0.2, -0.15) is 0 Å². The summed E-state index contributed by atoms with van der Waals surface area (Å²) in [5.41, 5.74) is 2.77. The van der Waals surface area contributed by atoms with Crippen LogP contribution in [0.4, 0.5) is 0 Å². The van der Waals surface area contributed by atoms with Crippen molar-refractivity contribution in [2.75, 3.05) is 20.7 Å². The van der Waals surface area contributed by atoms with Gasteiger partial charge in [0.2, 0.25) is 10.0 Å². The molecule has 0 heterocycles. The van der Waals surface area contributed by atoms with Gasteiger partial charge in [-0.05, 0) is 65.3 Å². The monoisotopic (exact) mass is 481 g/mol.